The Hall–Kier alpha value is -5.32. The Morgan fingerprint density at radius 2 is 1.79 bits per heavy atom. The van der Waals surface area contributed by atoms with E-state index in [9.17, 15) is 29.7 Å². The second-order valence-electron chi connectivity index (χ2n) is 10.3. The monoisotopic (exact) mass is 689 g/mol. The topological polar surface area (TPSA) is 192 Å². The smallest absolute Gasteiger partial charge is 0.433 e. The van der Waals surface area contributed by atoms with Gasteiger partial charge in [-0.05, 0) is 68.5 Å². The van der Waals surface area contributed by atoms with Crippen molar-refractivity contribution in [2.75, 3.05) is 31.0 Å². The van der Waals surface area contributed by atoms with Crippen molar-refractivity contribution < 1.29 is 38.4 Å². The highest BCUT2D eigenvalue weighted by atomic mass is 35.5. The first-order chi connectivity index (χ1) is 22.3. The van der Waals surface area contributed by atoms with Crippen molar-refractivity contribution in [2.45, 2.75) is 25.6 Å². The van der Waals surface area contributed by atoms with Crippen molar-refractivity contribution >= 4 is 70.7 Å². The Labute approximate surface area is 277 Å². The number of furan rings is 1. The van der Waals surface area contributed by atoms with Gasteiger partial charge in [-0.15, -0.1) is 0 Å². The number of anilines is 2. The molecular weight excluding hydrogens is 661 g/mol. The molecule has 47 heavy (non-hydrogen) atoms. The van der Waals surface area contributed by atoms with Crippen LogP contribution in [-0.2, 0) is 4.79 Å². The van der Waals surface area contributed by atoms with Crippen LogP contribution in [0.4, 0.5) is 26.8 Å². The number of nitro groups is 1. The number of hydroxylamine groups is 2. The van der Waals surface area contributed by atoms with Gasteiger partial charge in [0.25, 0.3) is 5.91 Å². The van der Waals surface area contributed by atoms with Crippen LogP contribution in [0, 0.1) is 10.1 Å². The number of hydrogen-bond donors (Lipinski definition) is 3. The fourth-order valence-electron chi connectivity index (χ4n) is 4.71. The fraction of sp³-hybridized carbons (Fsp3) is 0.241. The summed E-state index contributed by atoms with van der Waals surface area (Å²) in [5, 5.41) is 29.1. The number of nitrogens with one attached hydrogen (secondary N) is 2. The van der Waals surface area contributed by atoms with Gasteiger partial charge in [0.05, 0.1) is 35.9 Å². The number of carbonyl (C=O) groups excluding carboxylic acids is 3. The highest BCUT2D eigenvalue weighted by molar-refractivity contribution is 6.32. The lowest BCUT2D eigenvalue weighted by molar-refractivity contribution is -0.402. The van der Waals surface area contributed by atoms with Gasteiger partial charge in [-0.1, -0.05) is 23.2 Å². The summed E-state index contributed by atoms with van der Waals surface area (Å²) in [4.78, 5) is 52.4. The quantitative estimate of drug-likeness (QED) is 0.0995. The molecule has 0 radical (unpaired) electrons. The van der Waals surface area contributed by atoms with Crippen molar-refractivity contribution in [3.8, 4) is 11.5 Å². The summed E-state index contributed by atoms with van der Waals surface area (Å²) >= 11 is 12.5. The van der Waals surface area contributed by atoms with E-state index in [4.69, 9.17) is 37.1 Å². The van der Waals surface area contributed by atoms with Crippen LogP contribution >= 0.6 is 23.2 Å². The zero-order chi connectivity index (χ0) is 34.5. The number of carbonyl (C=O) groups is 3. The Kier molecular flexibility index (Phi) is 10.6. The first kappa shape index (κ1) is 34.6. The molecule has 2 aromatic carbocycles. The Morgan fingerprint density at radius 3 is 2.38 bits per heavy atom. The third-order valence-electron chi connectivity index (χ3n) is 6.97. The third kappa shape index (κ3) is 7.57. The predicted molar refractivity (Wildman–Crippen MR) is 172 cm³/mol. The van der Waals surface area contributed by atoms with E-state index in [0.29, 0.717) is 16.6 Å². The van der Waals surface area contributed by atoms with Crippen LogP contribution in [0.15, 0.2) is 64.1 Å². The molecular formula is C29H29Cl2N7O9. The van der Waals surface area contributed by atoms with Gasteiger partial charge in [0.15, 0.2) is 6.17 Å². The molecule has 0 bridgehead atoms. The van der Waals surface area contributed by atoms with Gasteiger partial charge in [-0.3, -0.25) is 25.0 Å². The SMILES string of the molecule is COc1ccc(NC(=O)N(O)[C@@H]2N(c3ccc(OC)c(Cl)c3)C(=O)N(CC(=O)NN=C/C=C/c3ccc([N+](=O)[O-])o3)C2(C)C)cc1Cl. The number of rotatable bonds is 11. The highest BCUT2D eigenvalue weighted by Crippen LogP contribution is 2.40. The van der Waals surface area contributed by atoms with E-state index in [2.05, 4.69) is 15.8 Å². The standard InChI is InChI=1S/C29H29Cl2N7O9/c1-29(2)26(37(42)27(40)33-17-7-10-22(45-3)20(30)14-17)36(18-8-11-23(46-4)21(31)15-18)28(41)35(29)16-24(39)34-32-13-5-6-19-9-12-25(47-19)38(43)44/h5-15,26,42H,16H2,1-4H3,(H,33,40)(H,34,39)/b6-5+,32-13?/t26-/m0/s1. The zero-order valence-corrected chi connectivity index (χ0v) is 26.9. The number of amides is 5. The van der Waals surface area contributed by atoms with Crippen molar-refractivity contribution in [2.24, 2.45) is 5.10 Å². The molecule has 18 heteroatoms. The summed E-state index contributed by atoms with van der Waals surface area (Å²) in [6.07, 6.45) is 2.57. The molecule has 1 fully saturated rings. The normalized spacial score (nSPS) is 15.7. The van der Waals surface area contributed by atoms with Crippen LogP contribution in [0.1, 0.15) is 19.6 Å². The van der Waals surface area contributed by atoms with Crippen LogP contribution in [0.2, 0.25) is 10.0 Å². The van der Waals surface area contributed by atoms with E-state index in [1.165, 1.54) is 81.1 Å². The summed E-state index contributed by atoms with van der Waals surface area (Å²) < 4.78 is 15.3. The maximum Gasteiger partial charge on any atom is 0.433 e. The molecule has 0 saturated carbocycles. The second kappa shape index (κ2) is 14.4. The molecule has 1 aromatic heterocycles. The molecule has 16 nitrogen and oxygen atoms in total. The van der Waals surface area contributed by atoms with Crippen molar-refractivity contribution in [1.29, 1.82) is 0 Å². The van der Waals surface area contributed by atoms with E-state index >= 15 is 0 Å². The molecule has 1 atom stereocenters. The molecule has 1 aliphatic rings. The van der Waals surface area contributed by atoms with E-state index in [-0.39, 0.29) is 27.2 Å². The van der Waals surface area contributed by atoms with Gasteiger partial charge in [0.1, 0.15) is 28.7 Å². The first-order valence-electron chi connectivity index (χ1n) is 13.6. The molecule has 0 unspecified atom stereocenters. The molecule has 3 aromatic rings. The summed E-state index contributed by atoms with van der Waals surface area (Å²) in [5.74, 6) is -0.257. The average molecular weight is 690 g/mol. The number of allylic oxidation sites excluding steroid dienone is 1. The van der Waals surface area contributed by atoms with Crippen LogP contribution in [0.25, 0.3) is 6.08 Å². The maximum absolute atomic E-state index is 13.9. The average Bonchev–Trinajstić information content (AvgIpc) is 3.57. The number of ether oxygens (including phenoxy) is 2. The maximum atomic E-state index is 13.9. The van der Waals surface area contributed by atoms with Crippen LogP contribution in [0.5, 0.6) is 11.5 Å². The summed E-state index contributed by atoms with van der Waals surface area (Å²) in [7, 11) is 2.85. The second-order valence-corrected chi connectivity index (χ2v) is 11.1. The van der Waals surface area contributed by atoms with E-state index in [0.717, 1.165) is 9.80 Å². The van der Waals surface area contributed by atoms with Crippen molar-refractivity contribution in [1.82, 2.24) is 15.4 Å². The van der Waals surface area contributed by atoms with Crippen molar-refractivity contribution in [3.05, 3.63) is 80.5 Å². The van der Waals surface area contributed by atoms with E-state index in [1.807, 2.05) is 0 Å². The Morgan fingerprint density at radius 1 is 1.13 bits per heavy atom. The lowest BCUT2D eigenvalue weighted by Gasteiger charge is -2.38. The minimum Gasteiger partial charge on any atom is -0.495 e. The van der Waals surface area contributed by atoms with Gasteiger partial charge < -0.3 is 24.1 Å². The molecule has 5 amide bonds. The lowest BCUT2D eigenvalue weighted by Crippen LogP contribution is -2.58. The Bertz CT molecular complexity index is 1740. The van der Waals surface area contributed by atoms with Gasteiger partial charge in [-0.2, -0.15) is 10.2 Å². The Balaban J connectivity index is 1.56. The van der Waals surface area contributed by atoms with Crippen LogP contribution in [-0.4, -0.2) is 76.7 Å². The molecule has 1 saturated heterocycles. The molecule has 4 rings (SSSR count). The van der Waals surface area contributed by atoms with Crippen LogP contribution < -0.4 is 25.1 Å². The lowest BCUT2D eigenvalue weighted by atomic mass is 9.99. The summed E-state index contributed by atoms with van der Waals surface area (Å²) in [6.45, 7) is 2.59. The van der Waals surface area contributed by atoms with E-state index < -0.39 is 47.0 Å². The molecule has 1 aliphatic heterocycles. The minimum atomic E-state index is -1.39. The van der Waals surface area contributed by atoms with Gasteiger partial charge in [0, 0.05) is 17.6 Å². The summed E-state index contributed by atoms with van der Waals surface area (Å²) in [6, 6.07) is 9.72. The van der Waals surface area contributed by atoms with E-state index in [1.54, 1.807) is 13.8 Å². The first-order valence-corrected chi connectivity index (χ1v) is 14.3. The number of urea groups is 2. The molecule has 0 aliphatic carbocycles. The number of halogens is 2. The fourth-order valence-corrected chi connectivity index (χ4v) is 5.22. The number of hydrazone groups is 1. The van der Waals surface area contributed by atoms with Gasteiger partial charge in [0.2, 0.25) is 0 Å². The number of nitrogens with zero attached hydrogens (tertiary/aromatic N) is 5. The van der Waals surface area contributed by atoms with Gasteiger partial charge >= 0.3 is 17.9 Å². The molecule has 248 valence electrons. The van der Waals surface area contributed by atoms with Crippen molar-refractivity contribution in [3.63, 3.8) is 0 Å². The largest absolute Gasteiger partial charge is 0.495 e. The number of benzene rings is 2. The number of methoxy groups -OCH3 is 2. The zero-order valence-electron chi connectivity index (χ0n) is 25.3. The third-order valence-corrected chi connectivity index (χ3v) is 7.56. The van der Waals surface area contributed by atoms with Crippen LogP contribution in [0.3, 0.4) is 0 Å². The predicted octanol–water partition coefficient (Wildman–Crippen LogP) is 5.60. The summed E-state index contributed by atoms with van der Waals surface area (Å²) in [5.41, 5.74) is 1.32. The minimum absolute atomic E-state index is 0.152. The number of hydrogen-bond acceptors (Lipinski definition) is 10. The van der Waals surface area contributed by atoms with Gasteiger partial charge in [-0.25, -0.2) is 15.0 Å². The highest BCUT2D eigenvalue weighted by Gasteiger charge is 2.56. The molecule has 3 N–H and O–H groups in total. The molecule has 2 heterocycles. The molecule has 0 spiro atoms.